The van der Waals surface area contributed by atoms with Gasteiger partial charge in [0.05, 0.1) is 80.7 Å². The molecule has 0 bridgehead atoms. The number of ether oxygens (including phenoxy) is 5. The molecule has 2 aliphatic heterocycles. The Bertz CT molecular complexity index is 2890. The van der Waals surface area contributed by atoms with Crippen LogP contribution >= 0.6 is 11.3 Å². The first kappa shape index (κ1) is 60.3. The van der Waals surface area contributed by atoms with Crippen molar-refractivity contribution in [2.24, 2.45) is 11.3 Å². The monoisotopic (exact) mass is 1120 g/mol. The number of nitrogens with zero attached hydrogens (tertiary/aromatic N) is 3. The van der Waals surface area contributed by atoms with E-state index >= 15 is 0 Å². The van der Waals surface area contributed by atoms with Crippen LogP contribution in [0.15, 0.2) is 72.2 Å². The summed E-state index contributed by atoms with van der Waals surface area (Å²) in [5.41, 5.74) is 3.31. The van der Waals surface area contributed by atoms with Crippen molar-refractivity contribution in [2.45, 2.75) is 90.6 Å². The van der Waals surface area contributed by atoms with Crippen LogP contribution in [0.4, 0.5) is 14.5 Å². The van der Waals surface area contributed by atoms with Gasteiger partial charge < -0.3 is 59.3 Å². The second-order valence-corrected chi connectivity index (χ2v) is 21.6. The summed E-state index contributed by atoms with van der Waals surface area (Å²) in [7, 11) is 0. The fraction of sp³-hybridized carbons (Fsp3) is 0.491. The quantitative estimate of drug-likeness (QED) is 0.0213. The van der Waals surface area contributed by atoms with Crippen molar-refractivity contribution in [3.05, 3.63) is 106 Å². The summed E-state index contributed by atoms with van der Waals surface area (Å²) >= 11 is 1.56. The van der Waals surface area contributed by atoms with Gasteiger partial charge in [-0.1, -0.05) is 45.0 Å². The largest absolute Gasteiger partial charge is 0.391 e. The number of fused-ring (bicyclic) bond motifs is 1. The maximum Gasteiger partial charge on any atom is 0.268 e. The van der Waals surface area contributed by atoms with Crippen molar-refractivity contribution in [1.82, 2.24) is 25.5 Å². The Balaban J connectivity index is 0.694. The molecule has 2 fully saturated rings. The van der Waals surface area contributed by atoms with Crippen LogP contribution in [-0.2, 0) is 60.7 Å². The first-order valence-corrected chi connectivity index (χ1v) is 27.3. The molecule has 2 aliphatic rings. The molecule has 5 N–H and O–H groups in total. The van der Waals surface area contributed by atoms with Gasteiger partial charge in [-0.25, -0.2) is 13.8 Å². The van der Waals surface area contributed by atoms with Crippen molar-refractivity contribution in [1.29, 1.82) is 0 Å². The molecule has 4 atom stereocenters. The molecule has 7 rings (SSSR count). The Labute approximate surface area is 461 Å². The van der Waals surface area contributed by atoms with Crippen LogP contribution in [0.1, 0.15) is 80.2 Å². The number of aliphatic hydroxyl groups excluding tert-OH is 1. The Morgan fingerprint density at radius 3 is 2.10 bits per heavy atom. The number of benzene rings is 3. The van der Waals surface area contributed by atoms with Gasteiger partial charge in [0.25, 0.3) is 11.8 Å². The zero-order valence-corrected chi connectivity index (χ0v) is 45.8. The molecule has 2 saturated heterocycles. The van der Waals surface area contributed by atoms with E-state index in [4.69, 9.17) is 23.7 Å². The highest BCUT2D eigenvalue weighted by molar-refractivity contribution is 7.13. The standard InChI is InChI=1S/C57H70F2N6O13S/c1-36-51(79-35-62-36)39-9-7-37(8-10-39)31-60-52(69)49-30-44(66)33-65(49)53(70)46(56(2,3)4)29-45(67)34-78-23-22-77-21-20-76-19-18-75-17-16-74-15-5-6-50(68)48-27-40-26-43(11-12-47(40)63-48)64-14-13-57(73,55(64)72)54(71)61-32-38-24-41(58)28-42(59)25-38/h7-12,24-28,35,44,46,49,63,66,73H,5-6,13-23,29-34H2,1-4H3,(H,60,69)(H,61,71)/t44-,46-,49+,57?/m1/s1. The smallest absolute Gasteiger partial charge is 0.268 e. The number of aryl methyl sites for hydroxylation is 1. The van der Waals surface area contributed by atoms with E-state index < -0.39 is 52.5 Å². The molecule has 22 heteroatoms. The zero-order chi connectivity index (χ0) is 56.7. The molecule has 426 valence electrons. The van der Waals surface area contributed by atoms with E-state index in [1.165, 1.54) is 9.80 Å². The molecule has 0 aliphatic carbocycles. The van der Waals surface area contributed by atoms with E-state index in [0.29, 0.717) is 81.0 Å². The molecule has 4 heterocycles. The average molecular weight is 1120 g/mol. The maximum atomic E-state index is 14.0. The minimum Gasteiger partial charge on any atom is -0.391 e. The highest BCUT2D eigenvalue weighted by atomic mass is 32.1. The van der Waals surface area contributed by atoms with Gasteiger partial charge >= 0.3 is 0 Å². The number of H-pyrrole nitrogens is 1. The number of halogens is 2. The average Bonchev–Trinajstić information content (AvgIpc) is 4.27. The number of nitrogens with one attached hydrogen (secondary N) is 3. The maximum absolute atomic E-state index is 14.0. The number of aliphatic hydroxyl groups is 2. The van der Waals surface area contributed by atoms with Crippen molar-refractivity contribution >= 4 is 63.1 Å². The topological polar surface area (TPSA) is 248 Å². The molecule has 2 aromatic heterocycles. The van der Waals surface area contributed by atoms with Gasteiger partial charge in [-0.2, -0.15) is 0 Å². The number of Topliss-reactive ketones (excluding diaryl/α,β-unsaturated/α-hetero) is 2. The molecule has 4 amide bonds. The molecule has 79 heavy (non-hydrogen) atoms. The van der Waals surface area contributed by atoms with Crippen LogP contribution in [0.3, 0.4) is 0 Å². The number of likely N-dealkylation sites (tertiary alicyclic amines) is 1. The Morgan fingerprint density at radius 1 is 0.835 bits per heavy atom. The SMILES string of the molecule is Cc1ncsc1-c1ccc(CNC(=O)[C@@H]2C[C@@H](O)CN2C(=O)[C@@H](CC(=O)COCCOCCOCCOCCOCCCC(=O)c2cc3cc(N4CCC(O)(C(=O)NCc5cc(F)cc(F)c5)C4=O)ccc3[nH]2)C(C)(C)C)cc1. The van der Waals surface area contributed by atoms with Crippen LogP contribution in [0.2, 0.25) is 0 Å². The third kappa shape index (κ3) is 16.6. The number of carbonyl (C=O) groups excluding carboxylic acids is 6. The van der Waals surface area contributed by atoms with E-state index in [1.54, 1.807) is 41.1 Å². The second-order valence-electron chi connectivity index (χ2n) is 20.7. The summed E-state index contributed by atoms with van der Waals surface area (Å²) in [6.07, 6.45) is -0.343. The van der Waals surface area contributed by atoms with Crippen LogP contribution in [0.5, 0.6) is 0 Å². The van der Waals surface area contributed by atoms with Crippen LogP contribution in [0, 0.1) is 29.9 Å². The van der Waals surface area contributed by atoms with E-state index in [0.717, 1.165) is 33.8 Å². The fourth-order valence-corrected chi connectivity index (χ4v) is 10.2. The highest BCUT2D eigenvalue weighted by Gasteiger charge is 2.52. The number of β-amino-alcohol motifs (C(OH)–C–C–N with tert-alkyl or cyclic N) is 1. The summed E-state index contributed by atoms with van der Waals surface area (Å²) in [6, 6.07) is 16.5. The van der Waals surface area contributed by atoms with E-state index in [1.807, 2.05) is 52.0 Å². The Morgan fingerprint density at radius 2 is 1.47 bits per heavy atom. The molecular weight excluding hydrogens is 1050 g/mol. The number of anilines is 1. The lowest BCUT2D eigenvalue weighted by Gasteiger charge is -2.34. The number of aromatic amines is 1. The molecule has 0 spiro atoms. The summed E-state index contributed by atoms with van der Waals surface area (Å²) in [4.78, 5) is 90.8. The van der Waals surface area contributed by atoms with Crippen molar-refractivity contribution in [2.75, 3.05) is 84.1 Å². The third-order valence-corrected chi connectivity index (χ3v) is 14.8. The van der Waals surface area contributed by atoms with Gasteiger partial charge in [0.1, 0.15) is 24.3 Å². The van der Waals surface area contributed by atoms with E-state index in [2.05, 4.69) is 20.6 Å². The van der Waals surface area contributed by atoms with Crippen molar-refractivity contribution in [3.8, 4) is 10.4 Å². The van der Waals surface area contributed by atoms with Crippen molar-refractivity contribution < 1.29 is 71.4 Å². The summed E-state index contributed by atoms with van der Waals surface area (Å²) in [6.45, 7) is 10.1. The van der Waals surface area contributed by atoms with Crippen LogP contribution in [0.25, 0.3) is 21.3 Å². The van der Waals surface area contributed by atoms with E-state index in [9.17, 15) is 47.8 Å². The first-order valence-electron chi connectivity index (χ1n) is 26.4. The van der Waals surface area contributed by atoms with Gasteiger partial charge in [0.15, 0.2) is 11.6 Å². The Kier molecular flexibility index (Phi) is 21.5. The fourth-order valence-electron chi connectivity index (χ4n) is 9.39. The van der Waals surface area contributed by atoms with Crippen LogP contribution < -0.4 is 15.5 Å². The summed E-state index contributed by atoms with van der Waals surface area (Å²) in [5.74, 6) is -5.31. The second kappa shape index (κ2) is 28.2. The van der Waals surface area contributed by atoms with E-state index in [-0.39, 0.29) is 101 Å². The summed E-state index contributed by atoms with van der Waals surface area (Å²) < 4.78 is 55.0. The highest BCUT2D eigenvalue weighted by Crippen LogP contribution is 2.35. The number of carbonyl (C=O) groups is 6. The summed E-state index contributed by atoms with van der Waals surface area (Å²) in [5, 5.41) is 27.6. The molecule has 0 saturated carbocycles. The molecule has 19 nitrogen and oxygen atoms in total. The molecule has 0 radical (unpaired) electrons. The number of thiazole rings is 1. The van der Waals surface area contributed by atoms with Gasteiger partial charge in [-0.3, -0.25) is 28.8 Å². The molecule has 3 aromatic carbocycles. The Hall–Kier alpha value is -6.37. The lowest BCUT2D eigenvalue weighted by Crippen LogP contribution is -2.52. The number of rotatable bonds is 30. The lowest BCUT2D eigenvalue weighted by molar-refractivity contribution is -0.149. The van der Waals surface area contributed by atoms with Gasteiger partial charge in [-0.05, 0) is 71.8 Å². The predicted octanol–water partition coefficient (Wildman–Crippen LogP) is 5.61. The third-order valence-electron chi connectivity index (χ3n) is 13.8. The first-order chi connectivity index (χ1) is 37.8. The normalized spacial score (nSPS) is 17.9. The molecular formula is C57H70F2N6O13S. The molecule has 5 aromatic rings. The predicted molar refractivity (Wildman–Crippen MR) is 289 cm³/mol. The van der Waals surface area contributed by atoms with Crippen LogP contribution in [-0.4, -0.2) is 157 Å². The molecule has 1 unspecified atom stereocenters. The number of amides is 4. The lowest BCUT2D eigenvalue weighted by atomic mass is 9.77. The number of aromatic nitrogens is 2. The van der Waals surface area contributed by atoms with Gasteiger partial charge in [0, 0.05) is 87.0 Å². The number of hydrogen-bond acceptors (Lipinski definition) is 15. The van der Waals surface area contributed by atoms with Gasteiger partial charge in [-0.15, -0.1) is 11.3 Å². The number of hydrogen-bond donors (Lipinski definition) is 5. The van der Waals surface area contributed by atoms with Crippen molar-refractivity contribution in [3.63, 3.8) is 0 Å². The minimum absolute atomic E-state index is 0.00196. The minimum atomic E-state index is -2.36. The number of ketones is 2. The van der Waals surface area contributed by atoms with Gasteiger partial charge in [0.2, 0.25) is 17.4 Å². The zero-order valence-electron chi connectivity index (χ0n) is 45.0.